The summed E-state index contributed by atoms with van der Waals surface area (Å²) in [4.78, 5) is 12.5. The van der Waals surface area contributed by atoms with Gasteiger partial charge in [0.2, 0.25) is 0 Å². The van der Waals surface area contributed by atoms with Crippen molar-refractivity contribution in [2.45, 2.75) is 39.2 Å². The lowest BCUT2D eigenvalue weighted by Crippen LogP contribution is -2.02. The highest BCUT2D eigenvalue weighted by Crippen LogP contribution is 2.55. The van der Waals surface area contributed by atoms with Crippen molar-refractivity contribution in [2.24, 2.45) is 0 Å². The van der Waals surface area contributed by atoms with Gasteiger partial charge in [0.25, 0.3) is 0 Å². The molecule has 0 aliphatic carbocycles. The molecule has 2 aromatic rings. The van der Waals surface area contributed by atoms with E-state index in [4.69, 9.17) is 55.9 Å². The molecule has 0 amide bonds. The molecule has 0 aromatic heterocycles. The van der Waals surface area contributed by atoms with Crippen molar-refractivity contribution < 1.29 is 29.6 Å². The van der Waals surface area contributed by atoms with Gasteiger partial charge >= 0.3 is 5.97 Å². The minimum atomic E-state index is -0.738. The lowest BCUT2D eigenvalue weighted by Gasteiger charge is -2.19. The third kappa shape index (κ3) is 3.42. The van der Waals surface area contributed by atoms with Crippen molar-refractivity contribution in [1.29, 1.82) is 0 Å². The van der Waals surface area contributed by atoms with Crippen molar-refractivity contribution in [3.63, 3.8) is 0 Å². The predicted octanol–water partition coefficient (Wildman–Crippen LogP) is 6.78. The van der Waals surface area contributed by atoms with E-state index < -0.39 is 34.3 Å². The largest absolute Gasteiger partial charge is 0.505 e. The van der Waals surface area contributed by atoms with Gasteiger partial charge in [-0.25, -0.2) is 4.79 Å². The van der Waals surface area contributed by atoms with Gasteiger partial charge in [0.15, 0.2) is 28.7 Å². The monoisotopic (exact) mass is 480 g/mol. The van der Waals surface area contributed by atoms with Crippen LogP contribution < -0.4 is 4.74 Å². The summed E-state index contributed by atoms with van der Waals surface area (Å²) in [7, 11) is 0. The molecule has 6 nitrogen and oxygen atoms in total. The summed E-state index contributed by atoms with van der Waals surface area (Å²) in [6, 6.07) is 0. The number of hydrogen-bond acceptors (Lipinski definition) is 6. The average molecular weight is 482 g/mol. The Kier molecular flexibility index (Phi) is 6.20. The van der Waals surface area contributed by atoms with Crippen molar-refractivity contribution in [3.8, 4) is 28.7 Å². The van der Waals surface area contributed by atoms with Crippen LogP contribution in [0.1, 0.15) is 54.3 Å². The molecule has 0 saturated heterocycles. The molecule has 3 N–H and O–H groups in total. The van der Waals surface area contributed by atoms with Gasteiger partial charge in [-0.1, -0.05) is 66.7 Å². The molecule has 1 aliphatic rings. The maximum absolute atomic E-state index is 12.5. The van der Waals surface area contributed by atoms with E-state index in [1.165, 1.54) is 0 Å². The summed E-state index contributed by atoms with van der Waals surface area (Å²) >= 11 is 24.6. The highest BCUT2D eigenvalue weighted by Gasteiger charge is 2.40. The van der Waals surface area contributed by atoms with E-state index in [1.807, 2.05) is 6.92 Å². The first-order chi connectivity index (χ1) is 13.6. The topological polar surface area (TPSA) is 96.2 Å². The standard InChI is InChI=1S/C19H16Cl4O6/c1-3-5-6-10(20)14(24)12(22)16(26)17(6)29-18-9-8(7(4-2)28-19(9)27)11(21)15(25)13(18)23/h7,24-26H,3-5H2,1-2H3/t7-/m1/s1. The molecule has 0 spiro atoms. The van der Waals surface area contributed by atoms with Crippen LogP contribution in [0.2, 0.25) is 20.1 Å². The molecular weight excluding hydrogens is 466 g/mol. The van der Waals surface area contributed by atoms with Crippen LogP contribution in [0.3, 0.4) is 0 Å². The second-order valence-corrected chi connectivity index (χ2v) is 7.89. The molecule has 0 radical (unpaired) electrons. The minimum Gasteiger partial charge on any atom is -0.505 e. The SMILES string of the molecule is CCCc1c(Cl)c(O)c(Cl)c(O)c1Oc1c(Cl)c(O)c(Cl)c2c1C(=O)O[C@@H]2CC. The second-order valence-electron chi connectivity index (χ2n) is 6.38. The predicted molar refractivity (Wildman–Crippen MR) is 110 cm³/mol. The van der Waals surface area contributed by atoms with Crippen LogP contribution in [0.5, 0.6) is 28.7 Å². The number of fused-ring (bicyclic) bond motifs is 1. The number of aromatic hydroxyl groups is 3. The molecule has 29 heavy (non-hydrogen) atoms. The molecular formula is C19H16Cl4O6. The zero-order valence-electron chi connectivity index (χ0n) is 15.3. The highest BCUT2D eigenvalue weighted by atomic mass is 35.5. The number of carbonyl (C=O) groups excluding carboxylic acids is 1. The zero-order chi connectivity index (χ0) is 21.6. The summed E-state index contributed by atoms with van der Waals surface area (Å²) in [6.45, 7) is 3.63. The van der Waals surface area contributed by atoms with Gasteiger partial charge in [-0.3, -0.25) is 0 Å². The van der Waals surface area contributed by atoms with E-state index in [9.17, 15) is 20.1 Å². The fraction of sp³-hybridized carbons (Fsp3) is 0.316. The fourth-order valence-electron chi connectivity index (χ4n) is 3.19. The van der Waals surface area contributed by atoms with E-state index in [0.717, 1.165) is 0 Å². The Hall–Kier alpha value is -1.73. The van der Waals surface area contributed by atoms with E-state index >= 15 is 0 Å². The Bertz CT molecular complexity index is 1020. The average Bonchev–Trinajstić information content (AvgIpc) is 3.04. The number of cyclic esters (lactones) is 1. The first kappa shape index (κ1) is 22.0. The number of esters is 1. The third-order valence-corrected chi connectivity index (χ3v) is 6.07. The summed E-state index contributed by atoms with van der Waals surface area (Å²) < 4.78 is 11.1. The third-order valence-electron chi connectivity index (χ3n) is 4.58. The number of phenolic OH excluding ortho intramolecular Hbond substituents is 3. The molecule has 1 atom stereocenters. The number of rotatable bonds is 5. The number of hydrogen-bond donors (Lipinski definition) is 3. The minimum absolute atomic E-state index is 0.0631. The molecule has 3 rings (SSSR count). The summed E-state index contributed by atoms with van der Waals surface area (Å²) in [5.74, 6) is -2.77. The first-order valence-electron chi connectivity index (χ1n) is 8.69. The van der Waals surface area contributed by atoms with Gasteiger partial charge in [-0.2, -0.15) is 0 Å². The van der Waals surface area contributed by atoms with Crippen LogP contribution in [0, 0.1) is 0 Å². The summed E-state index contributed by atoms with van der Waals surface area (Å²) in [5.41, 5.74) is 0.432. The van der Waals surface area contributed by atoms with E-state index in [0.29, 0.717) is 19.3 Å². The Morgan fingerprint density at radius 3 is 2.10 bits per heavy atom. The van der Waals surface area contributed by atoms with Gasteiger partial charge in [-0.15, -0.1) is 0 Å². The van der Waals surface area contributed by atoms with Gasteiger partial charge < -0.3 is 24.8 Å². The Morgan fingerprint density at radius 1 is 0.897 bits per heavy atom. The van der Waals surface area contributed by atoms with E-state index in [-0.39, 0.29) is 43.3 Å². The number of phenols is 3. The maximum atomic E-state index is 12.5. The maximum Gasteiger partial charge on any atom is 0.343 e. The van der Waals surface area contributed by atoms with E-state index in [2.05, 4.69) is 0 Å². The number of halogens is 4. The molecule has 0 unspecified atom stereocenters. The van der Waals surface area contributed by atoms with Crippen molar-refractivity contribution >= 4 is 52.4 Å². The fourth-order valence-corrected chi connectivity index (χ4v) is 4.28. The van der Waals surface area contributed by atoms with Crippen LogP contribution in [-0.4, -0.2) is 21.3 Å². The Morgan fingerprint density at radius 2 is 1.52 bits per heavy atom. The van der Waals surface area contributed by atoms with Gasteiger partial charge in [0.1, 0.15) is 21.7 Å². The molecule has 0 fully saturated rings. The zero-order valence-corrected chi connectivity index (χ0v) is 18.3. The molecule has 10 heteroatoms. The van der Waals surface area contributed by atoms with Crippen LogP contribution in [0.4, 0.5) is 0 Å². The molecule has 0 bridgehead atoms. The number of benzene rings is 2. The van der Waals surface area contributed by atoms with Crippen molar-refractivity contribution in [1.82, 2.24) is 0 Å². The molecule has 1 heterocycles. The number of carbonyl (C=O) groups is 1. The van der Waals surface area contributed by atoms with Crippen LogP contribution >= 0.6 is 46.4 Å². The van der Waals surface area contributed by atoms with Crippen LogP contribution in [-0.2, 0) is 11.2 Å². The Balaban J connectivity index is 2.30. The lowest BCUT2D eigenvalue weighted by molar-refractivity contribution is 0.0377. The normalized spacial score (nSPS) is 15.4. The van der Waals surface area contributed by atoms with Crippen molar-refractivity contribution in [2.75, 3.05) is 0 Å². The Labute approximate surface area is 186 Å². The smallest absolute Gasteiger partial charge is 0.343 e. The molecule has 0 saturated carbocycles. The summed E-state index contributed by atoms with van der Waals surface area (Å²) in [5, 5.41) is 29.9. The van der Waals surface area contributed by atoms with E-state index in [1.54, 1.807) is 6.92 Å². The van der Waals surface area contributed by atoms with Crippen molar-refractivity contribution in [3.05, 3.63) is 36.8 Å². The van der Waals surface area contributed by atoms with Gasteiger partial charge in [0, 0.05) is 11.1 Å². The second kappa shape index (κ2) is 8.19. The van der Waals surface area contributed by atoms with Crippen LogP contribution in [0.15, 0.2) is 0 Å². The highest BCUT2D eigenvalue weighted by molar-refractivity contribution is 6.40. The quantitative estimate of drug-likeness (QED) is 0.407. The van der Waals surface area contributed by atoms with Crippen LogP contribution in [0.25, 0.3) is 0 Å². The summed E-state index contributed by atoms with van der Waals surface area (Å²) in [6.07, 6.45) is 0.621. The molecule has 156 valence electrons. The molecule has 2 aromatic carbocycles. The van der Waals surface area contributed by atoms with Gasteiger partial charge in [0.05, 0.1) is 10.0 Å². The first-order valence-corrected chi connectivity index (χ1v) is 10.2. The number of ether oxygens (including phenoxy) is 2. The molecule has 1 aliphatic heterocycles. The van der Waals surface area contributed by atoms with Gasteiger partial charge in [-0.05, 0) is 12.8 Å². The lowest BCUT2D eigenvalue weighted by atomic mass is 10.0.